The van der Waals surface area contributed by atoms with Crippen LogP contribution in [0.25, 0.3) is 10.9 Å². The van der Waals surface area contributed by atoms with Gasteiger partial charge in [-0.1, -0.05) is 17.7 Å². The number of H-pyrrole nitrogens is 1. The Balaban J connectivity index is 2.77. The van der Waals surface area contributed by atoms with Crippen molar-refractivity contribution >= 4 is 28.3 Å². The second-order valence-electron chi connectivity index (χ2n) is 3.85. The van der Waals surface area contributed by atoms with E-state index in [0.29, 0.717) is 10.7 Å². The summed E-state index contributed by atoms with van der Waals surface area (Å²) in [5.41, 5.74) is 8.76. The minimum Gasteiger partial charge on any atom is -0.352 e. The summed E-state index contributed by atoms with van der Waals surface area (Å²) >= 11 is 6.03. The van der Waals surface area contributed by atoms with E-state index in [9.17, 15) is 4.79 Å². The lowest BCUT2D eigenvalue weighted by molar-refractivity contribution is 0.0997. The molecule has 2 rings (SSSR count). The lowest BCUT2D eigenvalue weighted by atomic mass is 10.1. The molecular weight excluding hydrogens is 224 g/mol. The highest BCUT2D eigenvalue weighted by atomic mass is 35.5. The van der Waals surface area contributed by atoms with Crippen LogP contribution >= 0.6 is 11.6 Å². The van der Waals surface area contributed by atoms with E-state index >= 15 is 0 Å². The van der Waals surface area contributed by atoms with Crippen molar-refractivity contribution in [2.75, 3.05) is 6.54 Å². The molecule has 0 atom stereocenters. The fourth-order valence-corrected chi connectivity index (χ4v) is 2.05. The summed E-state index contributed by atoms with van der Waals surface area (Å²) in [7, 11) is 0. The smallest absolute Gasteiger partial charge is 0.192 e. The van der Waals surface area contributed by atoms with Gasteiger partial charge >= 0.3 is 0 Å². The zero-order valence-corrected chi connectivity index (χ0v) is 9.98. The second-order valence-corrected chi connectivity index (χ2v) is 4.25. The van der Waals surface area contributed by atoms with E-state index in [2.05, 4.69) is 4.98 Å². The Bertz CT molecular complexity index is 572. The number of aromatic amines is 1. The van der Waals surface area contributed by atoms with Gasteiger partial charge in [0.1, 0.15) is 0 Å². The number of carbonyl (C=O) groups is 1. The van der Waals surface area contributed by atoms with Crippen LogP contribution in [-0.2, 0) is 0 Å². The monoisotopic (exact) mass is 236 g/mol. The number of fused-ring (bicyclic) bond motifs is 1. The number of carbonyl (C=O) groups excluding carboxylic acids is 1. The van der Waals surface area contributed by atoms with Gasteiger partial charge in [0, 0.05) is 10.4 Å². The maximum atomic E-state index is 11.6. The Labute approximate surface area is 98.6 Å². The van der Waals surface area contributed by atoms with Gasteiger partial charge in [-0.25, -0.2) is 0 Å². The van der Waals surface area contributed by atoms with E-state index in [1.807, 2.05) is 26.0 Å². The Morgan fingerprint density at radius 3 is 2.69 bits per heavy atom. The number of hydrogen-bond acceptors (Lipinski definition) is 2. The number of halogens is 1. The zero-order chi connectivity index (χ0) is 11.9. The Morgan fingerprint density at radius 1 is 1.38 bits per heavy atom. The van der Waals surface area contributed by atoms with Crippen molar-refractivity contribution < 1.29 is 4.79 Å². The third kappa shape index (κ3) is 1.52. The molecule has 16 heavy (non-hydrogen) atoms. The van der Waals surface area contributed by atoms with Gasteiger partial charge in [0.2, 0.25) is 0 Å². The Hall–Kier alpha value is -1.32. The molecule has 4 heteroatoms. The second kappa shape index (κ2) is 3.92. The average Bonchev–Trinajstić information content (AvgIpc) is 2.61. The number of nitrogens with two attached hydrogens (primary N) is 1. The van der Waals surface area contributed by atoms with Gasteiger partial charge in [-0.15, -0.1) is 0 Å². The van der Waals surface area contributed by atoms with E-state index in [-0.39, 0.29) is 12.3 Å². The molecule has 0 saturated carbocycles. The third-order valence-corrected chi connectivity index (χ3v) is 3.30. The standard InChI is InChI=1S/C12H13ClN2O/c1-6-8-3-4-9(13)7(2)11(8)15-12(6)10(16)5-14/h3-4,15H,5,14H2,1-2H3. The topological polar surface area (TPSA) is 58.9 Å². The quantitative estimate of drug-likeness (QED) is 0.788. The molecule has 0 fully saturated rings. The Kier molecular flexibility index (Phi) is 2.74. The number of Topliss-reactive ketones (excluding diaryl/α,β-unsaturated/α-hetero) is 1. The number of aryl methyl sites for hydroxylation is 2. The molecule has 1 heterocycles. The van der Waals surface area contributed by atoms with Crippen LogP contribution in [0.2, 0.25) is 5.02 Å². The van der Waals surface area contributed by atoms with Crippen molar-refractivity contribution in [1.82, 2.24) is 4.98 Å². The fraction of sp³-hybridized carbons (Fsp3) is 0.250. The first kappa shape index (κ1) is 11.2. The first-order chi connectivity index (χ1) is 7.56. The summed E-state index contributed by atoms with van der Waals surface area (Å²) < 4.78 is 0. The van der Waals surface area contributed by atoms with Gasteiger partial charge < -0.3 is 10.7 Å². The SMILES string of the molecule is Cc1c(C(=O)CN)[nH]c2c(C)c(Cl)ccc12. The normalized spacial score (nSPS) is 11.0. The summed E-state index contributed by atoms with van der Waals surface area (Å²) in [4.78, 5) is 14.7. The molecule has 3 nitrogen and oxygen atoms in total. The van der Waals surface area contributed by atoms with Crippen LogP contribution in [-0.4, -0.2) is 17.3 Å². The van der Waals surface area contributed by atoms with Gasteiger partial charge in [-0.3, -0.25) is 4.79 Å². The number of ketones is 1. The van der Waals surface area contributed by atoms with Crippen molar-refractivity contribution in [3.05, 3.63) is 34.0 Å². The van der Waals surface area contributed by atoms with Crippen molar-refractivity contribution in [2.24, 2.45) is 5.73 Å². The number of nitrogens with one attached hydrogen (secondary N) is 1. The van der Waals surface area contributed by atoms with Crippen LogP contribution in [0.15, 0.2) is 12.1 Å². The first-order valence-electron chi connectivity index (χ1n) is 5.07. The van der Waals surface area contributed by atoms with E-state index in [1.165, 1.54) is 0 Å². The van der Waals surface area contributed by atoms with Crippen LogP contribution in [0.4, 0.5) is 0 Å². The number of aromatic nitrogens is 1. The number of hydrogen-bond donors (Lipinski definition) is 2. The lowest BCUT2D eigenvalue weighted by Gasteiger charge is -1.98. The molecule has 0 bridgehead atoms. The molecule has 0 aliphatic carbocycles. The van der Waals surface area contributed by atoms with E-state index < -0.39 is 0 Å². The van der Waals surface area contributed by atoms with Gasteiger partial charge in [0.15, 0.2) is 5.78 Å². The van der Waals surface area contributed by atoms with Crippen molar-refractivity contribution in [2.45, 2.75) is 13.8 Å². The average molecular weight is 237 g/mol. The highest BCUT2D eigenvalue weighted by Crippen LogP contribution is 2.28. The molecule has 3 N–H and O–H groups in total. The molecule has 1 aromatic carbocycles. The lowest BCUT2D eigenvalue weighted by Crippen LogP contribution is -2.14. The summed E-state index contributed by atoms with van der Waals surface area (Å²) in [6, 6.07) is 3.76. The van der Waals surface area contributed by atoms with Gasteiger partial charge in [0.05, 0.1) is 17.8 Å². The highest BCUT2D eigenvalue weighted by Gasteiger charge is 2.15. The molecule has 1 aromatic heterocycles. The van der Waals surface area contributed by atoms with Crippen molar-refractivity contribution in [3.8, 4) is 0 Å². The largest absolute Gasteiger partial charge is 0.352 e. The predicted molar refractivity (Wildman–Crippen MR) is 66.2 cm³/mol. The molecule has 0 unspecified atom stereocenters. The van der Waals surface area contributed by atoms with Crippen molar-refractivity contribution in [3.63, 3.8) is 0 Å². The van der Waals surface area contributed by atoms with Gasteiger partial charge in [-0.2, -0.15) is 0 Å². The maximum absolute atomic E-state index is 11.6. The minimum absolute atomic E-state index is 0.0143. The molecule has 0 aliphatic rings. The number of benzene rings is 1. The first-order valence-corrected chi connectivity index (χ1v) is 5.44. The molecule has 0 spiro atoms. The van der Waals surface area contributed by atoms with Crippen LogP contribution in [0.3, 0.4) is 0 Å². The molecule has 0 amide bonds. The van der Waals surface area contributed by atoms with E-state index in [1.54, 1.807) is 0 Å². The summed E-state index contributed by atoms with van der Waals surface area (Å²) in [5.74, 6) is -0.0794. The van der Waals surface area contributed by atoms with Crippen LogP contribution in [0.1, 0.15) is 21.6 Å². The summed E-state index contributed by atoms with van der Waals surface area (Å²) in [6.45, 7) is 3.85. The van der Waals surface area contributed by atoms with Crippen LogP contribution in [0, 0.1) is 13.8 Å². The molecule has 0 aliphatic heterocycles. The molecule has 0 radical (unpaired) electrons. The number of rotatable bonds is 2. The van der Waals surface area contributed by atoms with Crippen LogP contribution < -0.4 is 5.73 Å². The van der Waals surface area contributed by atoms with Crippen LogP contribution in [0.5, 0.6) is 0 Å². The highest BCUT2D eigenvalue weighted by molar-refractivity contribution is 6.32. The summed E-state index contributed by atoms with van der Waals surface area (Å²) in [5, 5.41) is 1.72. The summed E-state index contributed by atoms with van der Waals surface area (Å²) in [6.07, 6.45) is 0. The maximum Gasteiger partial charge on any atom is 0.192 e. The van der Waals surface area contributed by atoms with E-state index in [4.69, 9.17) is 17.3 Å². The van der Waals surface area contributed by atoms with E-state index in [0.717, 1.165) is 22.0 Å². The van der Waals surface area contributed by atoms with Crippen molar-refractivity contribution in [1.29, 1.82) is 0 Å². The molecule has 2 aromatic rings. The fourth-order valence-electron chi connectivity index (χ4n) is 1.89. The Morgan fingerprint density at radius 2 is 2.06 bits per heavy atom. The molecular formula is C12H13ClN2O. The van der Waals surface area contributed by atoms with Gasteiger partial charge in [-0.05, 0) is 31.0 Å². The third-order valence-electron chi connectivity index (χ3n) is 2.89. The minimum atomic E-state index is -0.0794. The zero-order valence-electron chi connectivity index (χ0n) is 9.23. The van der Waals surface area contributed by atoms with Gasteiger partial charge in [0.25, 0.3) is 0 Å². The molecule has 0 saturated heterocycles. The molecule has 84 valence electrons. The predicted octanol–water partition coefficient (Wildman–Crippen LogP) is 2.58.